The van der Waals surface area contributed by atoms with E-state index in [1.165, 1.54) is 0 Å². The minimum absolute atomic E-state index is 0.00460. The maximum absolute atomic E-state index is 12.8. The zero-order valence-electron chi connectivity index (χ0n) is 11.9. The molecule has 0 spiro atoms. The molecule has 0 aliphatic carbocycles. The first-order chi connectivity index (χ1) is 9.99. The molecule has 2 rings (SSSR count). The molecule has 21 heavy (non-hydrogen) atoms. The number of aromatic nitrogens is 1. The van der Waals surface area contributed by atoms with Crippen molar-refractivity contribution < 1.29 is 4.79 Å². The molecule has 5 heteroatoms. The molecule has 2 aromatic rings. The zero-order chi connectivity index (χ0) is 15.4. The van der Waals surface area contributed by atoms with Crippen LogP contribution in [-0.4, -0.2) is 21.8 Å². The summed E-state index contributed by atoms with van der Waals surface area (Å²) in [6, 6.07) is 11.4. The average Bonchev–Trinajstić information content (AvgIpc) is 2.45. The predicted octanol–water partition coefficient (Wildman–Crippen LogP) is 4.66. The van der Waals surface area contributed by atoms with Crippen LogP contribution >= 0.6 is 31.9 Å². The summed E-state index contributed by atoms with van der Waals surface area (Å²) >= 11 is 6.86. The van der Waals surface area contributed by atoms with Crippen LogP contribution in [0.5, 0.6) is 0 Å². The standard InChI is InChI=1S/C16H16Br2N2O/c1-11(2)20(10-13-5-3-4-8-19-13)16(21)14-7-6-12(17)9-15(14)18/h3-9,11H,10H2,1-2H3. The lowest BCUT2D eigenvalue weighted by atomic mass is 10.1. The molecule has 1 heterocycles. The van der Waals surface area contributed by atoms with Crippen LogP contribution in [0.25, 0.3) is 0 Å². The highest BCUT2D eigenvalue weighted by Crippen LogP contribution is 2.24. The number of halogens is 2. The summed E-state index contributed by atoms with van der Waals surface area (Å²) in [5.74, 6) is -0.00460. The number of benzene rings is 1. The van der Waals surface area contributed by atoms with Crippen molar-refractivity contribution in [2.24, 2.45) is 0 Å². The van der Waals surface area contributed by atoms with E-state index >= 15 is 0 Å². The van der Waals surface area contributed by atoms with Crippen LogP contribution in [0.2, 0.25) is 0 Å². The largest absolute Gasteiger partial charge is 0.330 e. The van der Waals surface area contributed by atoms with Crippen LogP contribution in [0.3, 0.4) is 0 Å². The number of hydrogen-bond donors (Lipinski definition) is 0. The minimum Gasteiger partial charge on any atom is -0.330 e. The molecule has 0 aliphatic heterocycles. The van der Waals surface area contributed by atoms with E-state index in [4.69, 9.17) is 0 Å². The second-order valence-corrected chi connectivity index (χ2v) is 6.74. The smallest absolute Gasteiger partial charge is 0.255 e. The number of rotatable bonds is 4. The molecule has 0 atom stereocenters. The van der Waals surface area contributed by atoms with E-state index < -0.39 is 0 Å². The van der Waals surface area contributed by atoms with E-state index in [0.717, 1.165) is 14.6 Å². The molecule has 0 N–H and O–H groups in total. The van der Waals surface area contributed by atoms with Gasteiger partial charge in [0.25, 0.3) is 5.91 Å². The van der Waals surface area contributed by atoms with Gasteiger partial charge in [0.1, 0.15) is 0 Å². The lowest BCUT2D eigenvalue weighted by molar-refractivity contribution is 0.0687. The summed E-state index contributed by atoms with van der Waals surface area (Å²) < 4.78 is 1.72. The molecule has 1 aromatic heterocycles. The van der Waals surface area contributed by atoms with Crippen molar-refractivity contribution in [2.75, 3.05) is 0 Å². The molecular formula is C16H16Br2N2O. The number of carbonyl (C=O) groups excluding carboxylic acids is 1. The Kier molecular flexibility index (Phi) is 5.53. The van der Waals surface area contributed by atoms with Crippen molar-refractivity contribution in [2.45, 2.75) is 26.4 Å². The highest BCUT2D eigenvalue weighted by molar-refractivity contribution is 9.11. The fourth-order valence-electron chi connectivity index (χ4n) is 1.97. The Morgan fingerprint density at radius 2 is 2.00 bits per heavy atom. The van der Waals surface area contributed by atoms with Gasteiger partial charge in [-0.15, -0.1) is 0 Å². The van der Waals surface area contributed by atoms with Gasteiger partial charge in [0.05, 0.1) is 17.8 Å². The molecule has 0 saturated carbocycles. The van der Waals surface area contributed by atoms with E-state index in [1.54, 1.807) is 6.20 Å². The lowest BCUT2D eigenvalue weighted by Gasteiger charge is -2.27. The molecule has 3 nitrogen and oxygen atoms in total. The second-order valence-electron chi connectivity index (χ2n) is 4.97. The van der Waals surface area contributed by atoms with Gasteiger partial charge in [-0.3, -0.25) is 9.78 Å². The first-order valence-corrected chi connectivity index (χ1v) is 8.23. The van der Waals surface area contributed by atoms with Gasteiger partial charge in [-0.25, -0.2) is 0 Å². The molecule has 0 radical (unpaired) electrons. The van der Waals surface area contributed by atoms with E-state index in [-0.39, 0.29) is 11.9 Å². The van der Waals surface area contributed by atoms with Gasteiger partial charge in [-0.1, -0.05) is 22.0 Å². The highest BCUT2D eigenvalue weighted by atomic mass is 79.9. The molecule has 1 aromatic carbocycles. The summed E-state index contributed by atoms with van der Waals surface area (Å²) in [5, 5.41) is 0. The minimum atomic E-state index is -0.00460. The summed E-state index contributed by atoms with van der Waals surface area (Å²) in [7, 11) is 0. The quantitative estimate of drug-likeness (QED) is 0.733. The third-order valence-corrected chi connectivity index (χ3v) is 4.25. The van der Waals surface area contributed by atoms with E-state index in [2.05, 4.69) is 36.8 Å². The van der Waals surface area contributed by atoms with Gasteiger partial charge in [-0.2, -0.15) is 0 Å². The monoisotopic (exact) mass is 410 g/mol. The van der Waals surface area contributed by atoms with Crippen molar-refractivity contribution >= 4 is 37.8 Å². The third kappa shape index (κ3) is 4.14. The Bertz CT molecular complexity index is 629. The number of hydrogen-bond acceptors (Lipinski definition) is 2. The average molecular weight is 412 g/mol. The van der Waals surface area contributed by atoms with Crippen molar-refractivity contribution in [3.8, 4) is 0 Å². The molecule has 0 bridgehead atoms. The second kappa shape index (κ2) is 7.18. The van der Waals surface area contributed by atoms with Gasteiger partial charge < -0.3 is 4.90 Å². The van der Waals surface area contributed by atoms with Crippen LogP contribution < -0.4 is 0 Å². The summed E-state index contributed by atoms with van der Waals surface area (Å²) in [4.78, 5) is 18.9. The van der Waals surface area contributed by atoms with Gasteiger partial charge in [0, 0.05) is 21.2 Å². The predicted molar refractivity (Wildman–Crippen MR) is 91.1 cm³/mol. The van der Waals surface area contributed by atoms with Crippen molar-refractivity contribution in [1.82, 2.24) is 9.88 Å². The maximum Gasteiger partial charge on any atom is 0.255 e. The number of amides is 1. The van der Waals surface area contributed by atoms with Crippen molar-refractivity contribution in [3.63, 3.8) is 0 Å². The number of pyridine rings is 1. The summed E-state index contributed by atoms with van der Waals surface area (Å²) in [5.41, 5.74) is 1.54. The maximum atomic E-state index is 12.8. The van der Waals surface area contributed by atoms with Crippen LogP contribution in [0.1, 0.15) is 29.9 Å². The Morgan fingerprint density at radius 3 is 2.57 bits per heavy atom. The first-order valence-electron chi connectivity index (χ1n) is 6.65. The summed E-state index contributed by atoms with van der Waals surface area (Å²) in [6.45, 7) is 4.51. The Labute approximate surface area is 141 Å². The highest BCUT2D eigenvalue weighted by Gasteiger charge is 2.21. The fourth-order valence-corrected chi connectivity index (χ4v) is 3.19. The van der Waals surface area contributed by atoms with Crippen molar-refractivity contribution in [3.05, 3.63) is 62.8 Å². The Balaban J connectivity index is 2.27. The number of carbonyl (C=O) groups is 1. The van der Waals surface area contributed by atoms with Crippen molar-refractivity contribution in [1.29, 1.82) is 0 Å². The molecule has 1 amide bonds. The van der Waals surface area contributed by atoms with E-state index in [0.29, 0.717) is 12.1 Å². The third-order valence-electron chi connectivity index (χ3n) is 3.10. The Hall–Kier alpha value is -1.20. The zero-order valence-corrected chi connectivity index (χ0v) is 15.1. The van der Waals surface area contributed by atoms with Crippen LogP contribution in [-0.2, 0) is 6.54 Å². The molecular weight excluding hydrogens is 396 g/mol. The lowest BCUT2D eigenvalue weighted by Crippen LogP contribution is -2.36. The molecule has 0 saturated heterocycles. The van der Waals surface area contributed by atoms with E-state index in [1.807, 2.05) is 55.1 Å². The van der Waals surface area contributed by atoms with Gasteiger partial charge in [0.2, 0.25) is 0 Å². The molecule has 0 unspecified atom stereocenters. The fraction of sp³-hybridized carbons (Fsp3) is 0.250. The Morgan fingerprint density at radius 1 is 1.24 bits per heavy atom. The number of nitrogens with zero attached hydrogens (tertiary/aromatic N) is 2. The van der Waals surface area contributed by atoms with Gasteiger partial charge in [-0.05, 0) is 60.1 Å². The van der Waals surface area contributed by atoms with Crippen LogP contribution in [0.15, 0.2) is 51.5 Å². The van der Waals surface area contributed by atoms with Crippen LogP contribution in [0, 0.1) is 0 Å². The molecule has 0 aliphatic rings. The first kappa shape index (κ1) is 16.2. The molecule has 110 valence electrons. The topological polar surface area (TPSA) is 33.2 Å². The molecule has 0 fully saturated rings. The van der Waals surface area contributed by atoms with Crippen LogP contribution in [0.4, 0.5) is 0 Å². The normalized spacial score (nSPS) is 10.7. The van der Waals surface area contributed by atoms with Gasteiger partial charge >= 0.3 is 0 Å². The van der Waals surface area contributed by atoms with Gasteiger partial charge in [0.15, 0.2) is 0 Å². The summed E-state index contributed by atoms with van der Waals surface area (Å²) in [6.07, 6.45) is 1.74. The SMILES string of the molecule is CC(C)N(Cc1ccccn1)C(=O)c1ccc(Br)cc1Br. The van der Waals surface area contributed by atoms with E-state index in [9.17, 15) is 4.79 Å².